The van der Waals surface area contributed by atoms with E-state index in [9.17, 15) is 4.79 Å². The van der Waals surface area contributed by atoms with E-state index < -0.39 is 0 Å². The van der Waals surface area contributed by atoms with Crippen LogP contribution in [0.1, 0.15) is 57.6 Å². The van der Waals surface area contributed by atoms with Gasteiger partial charge in [-0.2, -0.15) is 0 Å². The van der Waals surface area contributed by atoms with E-state index >= 15 is 0 Å². The molecular weight excluding hydrogens is 364 g/mol. The van der Waals surface area contributed by atoms with E-state index in [1.807, 2.05) is 24.3 Å². The lowest BCUT2D eigenvalue weighted by atomic mass is 9.91. The summed E-state index contributed by atoms with van der Waals surface area (Å²) in [7, 11) is 2.23. The topological polar surface area (TPSA) is 54.6 Å². The van der Waals surface area contributed by atoms with Crippen LogP contribution in [0.15, 0.2) is 41.3 Å². The van der Waals surface area contributed by atoms with Gasteiger partial charge in [0.15, 0.2) is 0 Å². The molecular formula is C24H34N2O3. The van der Waals surface area contributed by atoms with E-state index in [4.69, 9.17) is 9.47 Å². The summed E-state index contributed by atoms with van der Waals surface area (Å²) in [6.07, 6.45) is 7.52. The molecule has 29 heavy (non-hydrogen) atoms. The Bertz CT molecular complexity index is 855. The zero-order chi connectivity index (χ0) is 20.9. The molecule has 1 N–H and O–H groups in total. The standard InChI is InChI=1S/C24H34N2O3/c1-5-19-16-21(28-17-18-11-13-25-23(27)15-18)9-10-22(19)29-24(2,3)12-14-26(4)20-7-6-8-20/h9-11,13,15-16,20H,5-8,12,14,17H2,1-4H3,(H,25,27). The zero-order valence-corrected chi connectivity index (χ0v) is 18.2. The number of rotatable bonds is 10. The lowest BCUT2D eigenvalue weighted by Gasteiger charge is -2.37. The molecule has 0 atom stereocenters. The number of aromatic nitrogens is 1. The van der Waals surface area contributed by atoms with Gasteiger partial charge >= 0.3 is 0 Å². The van der Waals surface area contributed by atoms with Crippen LogP contribution in [0.25, 0.3) is 0 Å². The molecule has 1 aliphatic carbocycles. The van der Waals surface area contributed by atoms with Gasteiger partial charge in [0.1, 0.15) is 23.7 Å². The smallest absolute Gasteiger partial charge is 0.248 e. The maximum atomic E-state index is 11.4. The molecule has 1 aromatic heterocycles. The summed E-state index contributed by atoms with van der Waals surface area (Å²) in [6.45, 7) is 7.87. The van der Waals surface area contributed by atoms with E-state index in [1.165, 1.54) is 19.3 Å². The average Bonchev–Trinajstić information content (AvgIpc) is 2.64. The summed E-state index contributed by atoms with van der Waals surface area (Å²) < 4.78 is 12.3. The molecule has 0 unspecified atom stereocenters. The van der Waals surface area contributed by atoms with Crippen LogP contribution in [-0.4, -0.2) is 35.1 Å². The van der Waals surface area contributed by atoms with Crippen molar-refractivity contribution >= 4 is 0 Å². The Hall–Kier alpha value is -2.27. The van der Waals surface area contributed by atoms with Crippen LogP contribution in [0.3, 0.4) is 0 Å². The van der Waals surface area contributed by atoms with E-state index in [2.05, 4.69) is 37.7 Å². The first-order valence-electron chi connectivity index (χ1n) is 10.7. The second kappa shape index (κ2) is 9.49. The highest BCUT2D eigenvalue weighted by molar-refractivity contribution is 5.40. The van der Waals surface area contributed by atoms with E-state index in [1.54, 1.807) is 12.3 Å². The molecule has 1 aliphatic rings. The van der Waals surface area contributed by atoms with Crippen molar-refractivity contribution in [2.24, 2.45) is 0 Å². The zero-order valence-electron chi connectivity index (χ0n) is 18.2. The monoisotopic (exact) mass is 398 g/mol. The van der Waals surface area contributed by atoms with Gasteiger partial charge < -0.3 is 19.4 Å². The molecule has 158 valence electrons. The number of benzene rings is 1. The molecule has 1 fully saturated rings. The molecule has 1 saturated carbocycles. The van der Waals surface area contributed by atoms with Crippen LogP contribution in [-0.2, 0) is 13.0 Å². The molecule has 0 aliphatic heterocycles. The molecule has 5 nitrogen and oxygen atoms in total. The van der Waals surface area contributed by atoms with Crippen LogP contribution in [0.2, 0.25) is 0 Å². The molecule has 2 aromatic rings. The minimum absolute atomic E-state index is 0.116. The third-order valence-corrected chi connectivity index (χ3v) is 5.81. The lowest BCUT2D eigenvalue weighted by molar-refractivity contribution is 0.0692. The molecule has 0 spiro atoms. The van der Waals surface area contributed by atoms with Crippen molar-refractivity contribution < 1.29 is 9.47 Å². The average molecular weight is 399 g/mol. The van der Waals surface area contributed by atoms with Gasteiger partial charge in [0, 0.05) is 24.8 Å². The van der Waals surface area contributed by atoms with Gasteiger partial charge in [-0.25, -0.2) is 0 Å². The fraction of sp³-hybridized carbons (Fsp3) is 0.542. The van der Waals surface area contributed by atoms with Crippen molar-refractivity contribution in [2.45, 2.75) is 71.1 Å². The van der Waals surface area contributed by atoms with Crippen molar-refractivity contribution in [1.82, 2.24) is 9.88 Å². The quantitative estimate of drug-likeness (QED) is 0.638. The fourth-order valence-corrected chi connectivity index (χ4v) is 3.57. The van der Waals surface area contributed by atoms with Gasteiger partial charge in [-0.05, 0) is 82.0 Å². The van der Waals surface area contributed by atoms with E-state index in [-0.39, 0.29) is 11.2 Å². The number of aromatic amines is 1. The Morgan fingerprint density at radius 3 is 2.66 bits per heavy atom. The molecule has 1 aromatic carbocycles. The van der Waals surface area contributed by atoms with Crippen LogP contribution >= 0.6 is 0 Å². The third-order valence-electron chi connectivity index (χ3n) is 5.81. The first-order valence-corrected chi connectivity index (χ1v) is 10.7. The Kier molecular flexibility index (Phi) is 7.01. The highest BCUT2D eigenvalue weighted by Gasteiger charge is 2.26. The molecule has 3 rings (SSSR count). The van der Waals surface area contributed by atoms with Crippen LogP contribution < -0.4 is 15.0 Å². The summed E-state index contributed by atoms with van der Waals surface area (Å²) in [5.41, 5.74) is 1.64. The fourth-order valence-electron chi connectivity index (χ4n) is 3.57. The number of hydrogen-bond donors (Lipinski definition) is 1. The number of ether oxygens (including phenoxy) is 2. The lowest BCUT2D eigenvalue weighted by Crippen LogP contribution is -2.41. The summed E-state index contributed by atoms with van der Waals surface area (Å²) in [6, 6.07) is 10.2. The van der Waals surface area contributed by atoms with E-state index in [0.717, 1.165) is 48.1 Å². The van der Waals surface area contributed by atoms with Crippen molar-refractivity contribution in [3.05, 3.63) is 58.0 Å². The van der Waals surface area contributed by atoms with Crippen molar-refractivity contribution in [1.29, 1.82) is 0 Å². The summed E-state index contributed by atoms with van der Waals surface area (Å²) >= 11 is 0. The van der Waals surface area contributed by atoms with Crippen molar-refractivity contribution in [3.8, 4) is 11.5 Å². The Labute approximate surface area is 174 Å². The number of nitrogens with one attached hydrogen (secondary N) is 1. The Morgan fingerprint density at radius 2 is 2.00 bits per heavy atom. The van der Waals surface area contributed by atoms with Gasteiger partial charge in [-0.1, -0.05) is 13.3 Å². The Balaban J connectivity index is 1.59. The second-order valence-electron chi connectivity index (χ2n) is 8.65. The SMILES string of the molecule is CCc1cc(OCc2cc[nH]c(=O)c2)ccc1OC(C)(C)CCN(C)C1CCC1. The normalized spacial score (nSPS) is 14.7. The molecule has 0 amide bonds. The van der Waals surface area contributed by atoms with Crippen LogP contribution in [0, 0.1) is 0 Å². The van der Waals surface area contributed by atoms with Crippen LogP contribution in [0.4, 0.5) is 0 Å². The summed E-state index contributed by atoms with van der Waals surface area (Å²) in [4.78, 5) is 16.5. The number of nitrogens with zero attached hydrogens (tertiary/aromatic N) is 1. The summed E-state index contributed by atoms with van der Waals surface area (Å²) in [5, 5.41) is 0. The van der Waals surface area contributed by atoms with Gasteiger partial charge in [-0.3, -0.25) is 4.79 Å². The molecule has 0 radical (unpaired) electrons. The number of pyridine rings is 1. The third kappa shape index (κ3) is 6.10. The minimum atomic E-state index is -0.227. The van der Waals surface area contributed by atoms with Gasteiger partial charge in [0.2, 0.25) is 5.56 Å². The van der Waals surface area contributed by atoms with Gasteiger partial charge in [0.25, 0.3) is 0 Å². The maximum Gasteiger partial charge on any atom is 0.248 e. The number of aryl methyl sites for hydroxylation is 1. The molecule has 0 bridgehead atoms. The number of hydrogen-bond acceptors (Lipinski definition) is 4. The van der Waals surface area contributed by atoms with Crippen molar-refractivity contribution in [3.63, 3.8) is 0 Å². The van der Waals surface area contributed by atoms with Gasteiger partial charge in [0.05, 0.1) is 0 Å². The Morgan fingerprint density at radius 1 is 1.21 bits per heavy atom. The van der Waals surface area contributed by atoms with Crippen LogP contribution in [0.5, 0.6) is 11.5 Å². The predicted octanol–water partition coefficient (Wildman–Crippen LogP) is 4.55. The van der Waals surface area contributed by atoms with Crippen molar-refractivity contribution in [2.75, 3.05) is 13.6 Å². The summed E-state index contributed by atoms with van der Waals surface area (Å²) in [5.74, 6) is 1.71. The minimum Gasteiger partial charge on any atom is -0.489 e. The highest BCUT2D eigenvalue weighted by atomic mass is 16.5. The number of H-pyrrole nitrogens is 1. The largest absolute Gasteiger partial charge is 0.489 e. The molecule has 5 heteroatoms. The molecule has 1 heterocycles. The predicted molar refractivity (Wildman–Crippen MR) is 117 cm³/mol. The van der Waals surface area contributed by atoms with Gasteiger partial charge in [-0.15, -0.1) is 0 Å². The second-order valence-corrected chi connectivity index (χ2v) is 8.65. The van der Waals surface area contributed by atoms with E-state index in [0.29, 0.717) is 6.61 Å². The first kappa shape index (κ1) is 21.4. The first-order chi connectivity index (χ1) is 13.9. The maximum absolute atomic E-state index is 11.4. The molecule has 0 saturated heterocycles. The highest BCUT2D eigenvalue weighted by Crippen LogP contribution is 2.30.